The highest BCUT2D eigenvalue weighted by Gasteiger charge is 2.22. The predicted molar refractivity (Wildman–Crippen MR) is 101 cm³/mol. The number of benzene rings is 1. The van der Waals surface area contributed by atoms with Crippen LogP contribution in [0.1, 0.15) is 39.4 Å². The van der Waals surface area contributed by atoms with Gasteiger partial charge in [-0.05, 0) is 49.4 Å². The van der Waals surface area contributed by atoms with E-state index in [9.17, 15) is 23.3 Å². The summed E-state index contributed by atoms with van der Waals surface area (Å²) in [4.78, 5) is 25.6. The van der Waals surface area contributed by atoms with E-state index in [2.05, 4.69) is 5.43 Å². The van der Waals surface area contributed by atoms with Crippen molar-refractivity contribution in [2.45, 2.75) is 37.0 Å². The quantitative estimate of drug-likeness (QED) is 0.429. The number of sulfonamides is 1. The molecule has 1 amide bonds. The minimum atomic E-state index is -4.18. The maximum Gasteiger partial charge on any atom is 0.289 e. The van der Waals surface area contributed by atoms with E-state index in [1.54, 1.807) is 6.07 Å². The van der Waals surface area contributed by atoms with Crippen molar-refractivity contribution in [3.8, 4) is 0 Å². The zero-order valence-electron chi connectivity index (χ0n) is 14.0. The van der Waals surface area contributed by atoms with Crippen molar-refractivity contribution in [3.05, 3.63) is 54.7 Å². The lowest BCUT2D eigenvalue weighted by Gasteiger charge is -2.08. The Kier molecular flexibility index (Phi) is 5.80. The third kappa shape index (κ3) is 4.46. The van der Waals surface area contributed by atoms with Crippen LogP contribution in [-0.4, -0.2) is 19.2 Å². The molecule has 0 aliphatic heterocycles. The van der Waals surface area contributed by atoms with E-state index >= 15 is 0 Å². The van der Waals surface area contributed by atoms with Gasteiger partial charge >= 0.3 is 0 Å². The number of nitro benzene ring substituents is 1. The van der Waals surface area contributed by atoms with Gasteiger partial charge in [0.15, 0.2) is 0 Å². The van der Waals surface area contributed by atoms with Crippen LogP contribution in [0.4, 0.5) is 5.69 Å². The zero-order valence-corrected chi connectivity index (χ0v) is 16.4. The monoisotopic (exact) mass is 429 g/mol. The molecule has 1 heterocycles. The maximum absolute atomic E-state index is 12.3. The molecule has 3 rings (SSSR count). The number of halogens is 1. The number of nitro groups is 1. The molecule has 0 fully saturated rings. The normalized spacial score (nSPS) is 14.3. The fourth-order valence-corrected chi connectivity index (χ4v) is 5.01. The summed E-state index contributed by atoms with van der Waals surface area (Å²) in [5.41, 5.74) is 2.76. The van der Waals surface area contributed by atoms with Crippen LogP contribution in [0.15, 0.2) is 29.2 Å². The van der Waals surface area contributed by atoms with Crippen molar-refractivity contribution < 1.29 is 18.1 Å². The molecule has 1 aliphatic rings. The fourth-order valence-electron chi connectivity index (χ4n) is 2.81. The van der Waals surface area contributed by atoms with Crippen LogP contribution < -0.4 is 10.3 Å². The minimum absolute atomic E-state index is 0.178. The second kappa shape index (κ2) is 7.93. The number of hydrogen-bond donors (Lipinski definition) is 2. The number of amides is 1. The Labute approximate surface area is 164 Å². The molecular formula is C16H16ClN3O5S2. The summed E-state index contributed by atoms with van der Waals surface area (Å²) < 4.78 is 24.6. The summed E-state index contributed by atoms with van der Waals surface area (Å²) in [5, 5.41) is 10.7. The van der Waals surface area contributed by atoms with Crippen LogP contribution in [0.3, 0.4) is 0 Å². The van der Waals surface area contributed by atoms with Crippen molar-refractivity contribution in [3.63, 3.8) is 0 Å². The molecule has 0 saturated carbocycles. The van der Waals surface area contributed by atoms with Crippen molar-refractivity contribution >= 4 is 44.6 Å². The Balaban J connectivity index is 1.73. The van der Waals surface area contributed by atoms with Gasteiger partial charge in [0.05, 0.1) is 14.7 Å². The molecule has 0 bridgehead atoms. The summed E-state index contributed by atoms with van der Waals surface area (Å²) >= 11 is 7.04. The van der Waals surface area contributed by atoms with Crippen molar-refractivity contribution in [1.29, 1.82) is 0 Å². The van der Waals surface area contributed by atoms with Gasteiger partial charge in [0.25, 0.3) is 21.6 Å². The molecule has 0 spiro atoms. The number of rotatable bonds is 5. The summed E-state index contributed by atoms with van der Waals surface area (Å²) in [6.45, 7) is 0. The average molecular weight is 430 g/mol. The second-order valence-electron chi connectivity index (χ2n) is 6.05. The van der Waals surface area contributed by atoms with E-state index in [-0.39, 0.29) is 9.92 Å². The van der Waals surface area contributed by atoms with E-state index in [1.165, 1.54) is 11.3 Å². The highest BCUT2D eigenvalue weighted by Crippen LogP contribution is 2.29. The van der Waals surface area contributed by atoms with Gasteiger partial charge in [-0.1, -0.05) is 18.0 Å². The topological polar surface area (TPSA) is 118 Å². The van der Waals surface area contributed by atoms with Crippen LogP contribution in [-0.2, 0) is 22.9 Å². The predicted octanol–water partition coefficient (Wildman–Crippen LogP) is 3.20. The Hall–Kier alpha value is -2.01. The number of nitrogens with one attached hydrogen (secondary N) is 2. The van der Waals surface area contributed by atoms with E-state index in [0.29, 0.717) is 4.88 Å². The van der Waals surface area contributed by atoms with Gasteiger partial charge in [-0.2, -0.15) is 0 Å². The molecule has 1 aromatic heterocycles. The number of carbonyl (C=O) groups excluding carboxylic acids is 1. The molecular weight excluding hydrogens is 414 g/mol. The van der Waals surface area contributed by atoms with Crippen LogP contribution in [0.5, 0.6) is 0 Å². The second-order valence-corrected chi connectivity index (χ2v) is 9.28. The zero-order chi connectivity index (χ0) is 19.6. The Morgan fingerprint density at radius 2 is 1.93 bits per heavy atom. The highest BCUT2D eigenvalue weighted by molar-refractivity contribution is 7.89. The summed E-state index contributed by atoms with van der Waals surface area (Å²) in [5.74, 6) is -0.569. The van der Waals surface area contributed by atoms with Gasteiger partial charge in [-0.15, -0.1) is 16.2 Å². The molecule has 11 heteroatoms. The number of carbonyl (C=O) groups is 1. The fraction of sp³-hybridized carbons (Fsp3) is 0.312. The van der Waals surface area contributed by atoms with Crippen LogP contribution in [0, 0.1) is 10.1 Å². The van der Waals surface area contributed by atoms with E-state index in [1.807, 2.05) is 4.83 Å². The standard InChI is InChI=1S/C16H16ClN3O5S2/c17-12-7-6-11(9-13(12)20(22)23)27(24,25)19-18-16(21)15-8-10-4-2-1-3-5-14(10)26-15/h6-9,19H,1-5H2,(H,18,21). The molecule has 1 aromatic carbocycles. The Bertz CT molecular complexity index is 980. The Morgan fingerprint density at radius 1 is 1.19 bits per heavy atom. The number of aryl methyl sites for hydroxylation is 2. The van der Waals surface area contributed by atoms with Gasteiger partial charge in [-0.25, -0.2) is 8.42 Å². The van der Waals surface area contributed by atoms with Crippen molar-refractivity contribution in [2.75, 3.05) is 0 Å². The molecule has 0 atom stereocenters. The first-order chi connectivity index (χ1) is 12.8. The average Bonchev–Trinajstić information content (AvgIpc) is 2.90. The molecule has 0 saturated heterocycles. The van der Waals surface area contributed by atoms with Crippen LogP contribution in [0.2, 0.25) is 5.02 Å². The number of hydrazine groups is 1. The number of nitrogens with zero attached hydrogens (tertiary/aromatic N) is 1. The minimum Gasteiger partial charge on any atom is -0.273 e. The highest BCUT2D eigenvalue weighted by atomic mass is 35.5. The first-order valence-electron chi connectivity index (χ1n) is 8.15. The smallest absolute Gasteiger partial charge is 0.273 e. The molecule has 2 N–H and O–H groups in total. The largest absolute Gasteiger partial charge is 0.289 e. The molecule has 2 aromatic rings. The molecule has 1 aliphatic carbocycles. The third-order valence-corrected chi connectivity index (χ3v) is 6.99. The van der Waals surface area contributed by atoms with E-state index < -0.39 is 26.5 Å². The molecule has 8 nitrogen and oxygen atoms in total. The first-order valence-corrected chi connectivity index (χ1v) is 10.8. The maximum atomic E-state index is 12.3. The lowest BCUT2D eigenvalue weighted by Crippen LogP contribution is -2.41. The van der Waals surface area contributed by atoms with Crippen molar-refractivity contribution in [1.82, 2.24) is 10.3 Å². The lowest BCUT2D eigenvalue weighted by atomic mass is 10.1. The van der Waals surface area contributed by atoms with E-state index in [0.717, 1.165) is 60.7 Å². The summed E-state index contributed by atoms with van der Waals surface area (Å²) in [6.07, 6.45) is 5.16. The van der Waals surface area contributed by atoms with Gasteiger partial charge in [0, 0.05) is 10.9 Å². The van der Waals surface area contributed by atoms with Gasteiger partial charge < -0.3 is 0 Å². The lowest BCUT2D eigenvalue weighted by molar-refractivity contribution is -0.384. The van der Waals surface area contributed by atoms with Gasteiger partial charge in [0.1, 0.15) is 5.02 Å². The van der Waals surface area contributed by atoms with Crippen molar-refractivity contribution in [2.24, 2.45) is 0 Å². The van der Waals surface area contributed by atoms with E-state index in [4.69, 9.17) is 11.6 Å². The first kappa shape index (κ1) is 19.7. The third-order valence-electron chi connectivity index (χ3n) is 4.19. The molecule has 144 valence electrons. The number of thiophene rings is 1. The molecule has 27 heavy (non-hydrogen) atoms. The number of hydrogen-bond acceptors (Lipinski definition) is 6. The van der Waals surface area contributed by atoms with Gasteiger partial charge in [0.2, 0.25) is 0 Å². The SMILES string of the molecule is O=C(NNS(=O)(=O)c1ccc(Cl)c([N+](=O)[O-])c1)c1cc2c(s1)CCCCC2. The Morgan fingerprint density at radius 3 is 2.67 bits per heavy atom. The molecule has 0 unspecified atom stereocenters. The molecule has 0 radical (unpaired) electrons. The van der Waals surface area contributed by atoms with Crippen LogP contribution in [0.25, 0.3) is 0 Å². The summed E-state index contributed by atoms with van der Waals surface area (Å²) in [6, 6.07) is 4.87. The number of fused-ring (bicyclic) bond motifs is 1. The van der Waals surface area contributed by atoms with Crippen LogP contribution >= 0.6 is 22.9 Å². The van der Waals surface area contributed by atoms with Gasteiger partial charge in [-0.3, -0.25) is 20.3 Å². The summed E-state index contributed by atoms with van der Waals surface area (Å²) in [7, 11) is -4.18.